The number of carbonyl (C=O) groups is 2. The van der Waals surface area contributed by atoms with Gasteiger partial charge in [0.1, 0.15) is 0 Å². The fourth-order valence-electron chi connectivity index (χ4n) is 1.81. The van der Waals surface area contributed by atoms with Crippen molar-refractivity contribution >= 4 is 29.3 Å². The third-order valence-electron chi connectivity index (χ3n) is 2.94. The van der Waals surface area contributed by atoms with Crippen molar-refractivity contribution in [3.8, 4) is 0 Å². The Morgan fingerprint density at radius 1 is 1.19 bits per heavy atom. The first-order valence-corrected chi connectivity index (χ1v) is 8.23. The highest BCUT2D eigenvalue weighted by atomic mass is 32.2. The van der Waals surface area contributed by atoms with Crippen LogP contribution in [0.4, 0.5) is 5.69 Å². The Bertz CT molecular complexity index is 460. The Labute approximate surface area is 131 Å². The first kappa shape index (κ1) is 17.6. The molecule has 5 heteroatoms. The van der Waals surface area contributed by atoms with Gasteiger partial charge < -0.3 is 10.6 Å². The monoisotopic (exact) mass is 308 g/mol. The Morgan fingerprint density at radius 3 is 2.43 bits per heavy atom. The minimum absolute atomic E-state index is 0.0713. The third-order valence-corrected chi connectivity index (χ3v) is 4.05. The van der Waals surface area contributed by atoms with E-state index in [0.29, 0.717) is 0 Å². The molecule has 0 saturated heterocycles. The second-order valence-electron chi connectivity index (χ2n) is 4.96. The van der Waals surface area contributed by atoms with Crippen LogP contribution in [-0.4, -0.2) is 23.6 Å². The van der Waals surface area contributed by atoms with Crippen LogP contribution in [-0.2, 0) is 9.59 Å². The number of anilines is 1. The van der Waals surface area contributed by atoms with Crippen molar-refractivity contribution in [1.29, 1.82) is 0 Å². The second-order valence-corrected chi connectivity index (χ2v) is 6.38. The van der Waals surface area contributed by atoms with Crippen molar-refractivity contribution in [2.45, 2.75) is 50.2 Å². The summed E-state index contributed by atoms with van der Waals surface area (Å²) >= 11 is 1.52. The maximum atomic E-state index is 11.9. The summed E-state index contributed by atoms with van der Waals surface area (Å²) in [5, 5.41) is 5.55. The molecular weight excluding hydrogens is 284 g/mol. The molecule has 1 unspecified atom stereocenters. The SMILES string of the molecule is CCCCCNC(=O)C(C)Sc1ccc(NC(C)=O)cc1. The number of thioether (sulfide) groups is 1. The van der Waals surface area contributed by atoms with Gasteiger partial charge in [-0.25, -0.2) is 0 Å². The number of hydrogen-bond acceptors (Lipinski definition) is 3. The molecule has 0 aliphatic carbocycles. The normalized spacial score (nSPS) is 11.8. The van der Waals surface area contributed by atoms with Crippen molar-refractivity contribution in [2.24, 2.45) is 0 Å². The molecule has 0 radical (unpaired) electrons. The number of rotatable bonds is 8. The van der Waals surface area contributed by atoms with Crippen LogP contribution in [0.3, 0.4) is 0 Å². The molecule has 0 fully saturated rings. The van der Waals surface area contributed by atoms with E-state index < -0.39 is 0 Å². The number of hydrogen-bond donors (Lipinski definition) is 2. The molecule has 0 saturated carbocycles. The van der Waals surface area contributed by atoms with Crippen LogP contribution in [0.1, 0.15) is 40.0 Å². The summed E-state index contributed by atoms with van der Waals surface area (Å²) in [4.78, 5) is 23.9. The van der Waals surface area contributed by atoms with E-state index in [4.69, 9.17) is 0 Å². The van der Waals surface area contributed by atoms with Crippen molar-refractivity contribution in [2.75, 3.05) is 11.9 Å². The summed E-state index contributed by atoms with van der Waals surface area (Å²) in [5.74, 6) is -0.0164. The highest BCUT2D eigenvalue weighted by Crippen LogP contribution is 2.24. The number of amides is 2. The first-order valence-electron chi connectivity index (χ1n) is 7.35. The van der Waals surface area contributed by atoms with Gasteiger partial charge in [0.05, 0.1) is 5.25 Å². The first-order chi connectivity index (χ1) is 10.0. The fourth-order valence-corrected chi connectivity index (χ4v) is 2.70. The average Bonchev–Trinajstić information content (AvgIpc) is 2.45. The lowest BCUT2D eigenvalue weighted by atomic mass is 10.2. The second kappa shape index (κ2) is 9.45. The lowest BCUT2D eigenvalue weighted by Gasteiger charge is -2.12. The average molecular weight is 308 g/mol. The van der Waals surface area contributed by atoms with E-state index in [1.54, 1.807) is 0 Å². The molecule has 0 heterocycles. The van der Waals surface area contributed by atoms with Crippen molar-refractivity contribution in [1.82, 2.24) is 5.32 Å². The highest BCUT2D eigenvalue weighted by Gasteiger charge is 2.13. The molecule has 2 amide bonds. The van der Waals surface area contributed by atoms with E-state index in [9.17, 15) is 9.59 Å². The maximum absolute atomic E-state index is 11.9. The molecule has 116 valence electrons. The summed E-state index contributed by atoms with van der Waals surface area (Å²) in [6, 6.07) is 7.51. The van der Waals surface area contributed by atoms with Gasteiger partial charge in [-0.05, 0) is 37.6 Å². The van der Waals surface area contributed by atoms with Crippen molar-refractivity contribution in [3.63, 3.8) is 0 Å². The van der Waals surface area contributed by atoms with E-state index in [-0.39, 0.29) is 17.1 Å². The highest BCUT2D eigenvalue weighted by molar-refractivity contribution is 8.00. The summed E-state index contributed by atoms with van der Waals surface area (Å²) < 4.78 is 0. The molecule has 1 atom stereocenters. The molecule has 0 aliphatic rings. The maximum Gasteiger partial charge on any atom is 0.233 e. The van der Waals surface area contributed by atoms with Gasteiger partial charge in [0.25, 0.3) is 0 Å². The molecule has 0 aromatic heterocycles. The molecule has 1 aromatic rings. The molecule has 2 N–H and O–H groups in total. The molecule has 1 rings (SSSR count). The van der Waals surface area contributed by atoms with Gasteiger partial charge in [-0.3, -0.25) is 9.59 Å². The van der Waals surface area contributed by atoms with E-state index in [1.807, 2.05) is 31.2 Å². The predicted octanol–water partition coefficient (Wildman–Crippen LogP) is 3.43. The van der Waals surface area contributed by atoms with Crippen LogP contribution in [0, 0.1) is 0 Å². The van der Waals surface area contributed by atoms with Crippen LogP contribution in [0.5, 0.6) is 0 Å². The Morgan fingerprint density at radius 2 is 1.86 bits per heavy atom. The number of nitrogens with one attached hydrogen (secondary N) is 2. The number of benzene rings is 1. The van der Waals surface area contributed by atoms with Crippen LogP contribution in [0.15, 0.2) is 29.2 Å². The number of carbonyl (C=O) groups excluding carboxylic acids is 2. The Hall–Kier alpha value is -1.49. The number of unbranched alkanes of at least 4 members (excludes halogenated alkanes) is 2. The molecular formula is C16H24N2O2S. The molecule has 0 spiro atoms. The van der Waals surface area contributed by atoms with Gasteiger partial charge >= 0.3 is 0 Å². The van der Waals surface area contributed by atoms with Gasteiger partial charge in [0.2, 0.25) is 11.8 Å². The van der Waals surface area contributed by atoms with Crippen molar-refractivity contribution in [3.05, 3.63) is 24.3 Å². The summed E-state index contributed by atoms with van der Waals surface area (Å²) in [7, 11) is 0. The van der Waals surface area contributed by atoms with Crippen LogP contribution < -0.4 is 10.6 Å². The summed E-state index contributed by atoms with van der Waals surface area (Å²) in [6.07, 6.45) is 3.33. The zero-order valence-electron chi connectivity index (χ0n) is 12.9. The smallest absolute Gasteiger partial charge is 0.233 e. The molecule has 0 bridgehead atoms. The van der Waals surface area contributed by atoms with E-state index >= 15 is 0 Å². The van der Waals surface area contributed by atoms with Gasteiger partial charge in [0, 0.05) is 24.1 Å². The molecule has 4 nitrogen and oxygen atoms in total. The van der Waals surface area contributed by atoms with Gasteiger partial charge in [-0.2, -0.15) is 0 Å². The molecule has 21 heavy (non-hydrogen) atoms. The van der Waals surface area contributed by atoms with Gasteiger partial charge in [-0.1, -0.05) is 19.8 Å². The van der Waals surface area contributed by atoms with Crippen LogP contribution in [0.2, 0.25) is 0 Å². The lowest BCUT2D eigenvalue weighted by molar-refractivity contribution is -0.120. The van der Waals surface area contributed by atoms with Gasteiger partial charge in [-0.15, -0.1) is 11.8 Å². The lowest BCUT2D eigenvalue weighted by Crippen LogP contribution is -2.31. The summed E-state index contributed by atoms with van der Waals surface area (Å²) in [5.41, 5.74) is 0.767. The van der Waals surface area contributed by atoms with Crippen LogP contribution >= 0.6 is 11.8 Å². The molecule has 0 aliphatic heterocycles. The quantitative estimate of drug-likeness (QED) is 0.571. The zero-order valence-corrected chi connectivity index (χ0v) is 13.8. The Kier molecular flexibility index (Phi) is 7.90. The third kappa shape index (κ3) is 7.18. The van der Waals surface area contributed by atoms with Crippen molar-refractivity contribution < 1.29 is 9.59 Å². The van der Waals surface area contributed by atoms with Crippen LogP contribution in [0.25, 0.3) is 0 Å². The molecule has 1 aromatic carbocycles. The Balaban J connectivity index is 2.41. The van der Waals surface area contributed by atoms with Gasteiger partial charge in [0.15, 0.2) is 0 Å². The zero-order chi connectivity index (χ0) is 15.7. The fraction of sp³-hybridized carbons (Fsp3) is 0.500. The standard InChI is InChI=1S/C16H24N2O2S/c1-4-5-6-11-17-16(20)12(2)21-15-9-7-14(8-10-15)18-13(3)19/h7-10,12H,4-6,11H2,1-3H3,(H,17,20)(H,18,19). The van der Waals surface area contributed by atoms with E-state index in [1.165, 1.54) is 18.7 Å². The minimum Gasteiger partial charge on any atom is -0.355 e. The minimum atomic E-state index is -0.127. The van der Waals surface area contributed by atoms with E-state index in [0.717, 1.165) is 36.4 Å². The predicted molar refractivity (Wildman–Crippen MR) is 88.6 cm³/mol. The summed E-state index contributed by atoms with van der Waals surface area (Å²) in [6.45, 7) is 6.28. The topological polar surface area (TPSA) is 58.2 Å². The largest absolute Gasteiger partial charge is 0.355 e. The van der Waals surface area contributed by atoms with E-state index in [2.05, 4.69) is 17.6 Å².